The summed E-state index contributed by atoms with van der Waals surface area (Å²) >= 11 is 13.5. The number of benzene rings is 3. The predicted octanol–water partition coefficient (Wildman–Crippen LogP) is 6.23. The molecule has 0 aliphatic heterocycles. The Morgan fingerprint density at radius 2 is 1.67 bits per heavy atom. The van der Waals surface area contributed by atoms with Crippen molar-refractivity contribution in [1.29, 1.82) is 0 Å². The van der Waals surface area contributed by atoms with E-state index in [2.05, 4.69) is 20.8 Å². The van der Waals surface area contributed by atoms with Crippen LogP contribution in [0.2, 0.25) is 10.0 Å². The summed E-state index contributed by atoms with van der Waals surface area (Å²) in [5.74, 6) is 0.703. The van der Waals surface area contributed by atoms with Crippen LogP contribution in [0.4, 0.5) is 11.4 Å². The molecular weight excluding hydrogens is 477 g/mol. The van der Waals surface area contributed by atoms with E-state index in [1.165, 1.54) is 17.3 Å². The van der Waals surface area contributed by atoms with E-state index in [0.717, 1.165) is 11.4 Å². The first-order chi connectivity index (χ1) is 16.0. The molecule has 0 aliphatic carbocycles. The second-order valence-electron chi connectivity index (χ2n) is 7.28. The summed E-state index contributed by atoms with van der Waals surface area (Å²) in [7, 11) is 0. The van der Waals surface area contributed by atoms with Crippen molar-refractivity contribution in [3.8, 4) is 5.69 Å². The first-order valence-electron chi connectivity index (χ1n) is 10.2. The summed E-state index contributed by atoms with van der Waals surface area (Å²) in [6.45, 7) is 2.50. The predicted molar refractivity (Wildman–Crippen MR) is 136 cm³/mol. The van der Waals surface area contributed by atoms with E-state index in [1.54, 1.807) is 24.3 Å². The number of amides is 1. The van der Waals surface area contributed by atoms with E-state index in [9.17, 15) is 4.79 Å². The first kappa shape index (κ1) is 23.2. The Balaban J connectivity index is 1.51. The molecule has 0 saturated heterocycles. The van der Waals surface area contributed by atoms with Gasteiger partial charge in [0.15, 0.2) is 11.0 Å². The summed E-state index contributed by atoms with van der Waals surface area (Å²) in [5, 5.41) is 16.7. The monoisotopic (exact) mass is 497 g/mol. The molecule has 0 saturated carbocycles. The van der Waals surface area contributed by atoms with E-state index in [-0.39, 0.29) is 11.7 Å². The number of carbonyl (C=O) groups excluding carboxylic acids is 1. The van der Waals surface area contributed by atoms with Crippen molar-refractivity contribution in [3.05, 3.63) is 94.2 Å². The van der Waals surface area contributed by atoms with Crippen molar-refractivity contribution >= 4 is 52.2 Å². The quantitative estimate of drug-likeness (QED) is 0.282. The normalized spacial score (nSPS) is 10.8. The van der Waals surface area contributed by atoms with Gasteiger partial charge in [0.25, 0.3) is 0 Å². The lowest BCUT2D eigenvalue weighted by Gasteiger charge is -2.12. The molecule has 3 aromatic carbocycles. The third kappa shape index (κ3) is 6.28. The standard InChI is InChI=1S/C24H21Cl2N5OS/c1-16-8-10-19(11-9-16)27-14-22-29-30-24(31(22)21-7-3-5-18(26)13-21)33-15-23(32)28-20-6-2-4-17(25)12-20/h2-13,27H,14-15H2,1H3,(H,28,32). The zero-order valence-corrected chi connectivity index (χ0v) is 20.1. The van der Waals surface area contributed by atoms with Gasteiger partial charge >= 0.3 is 0 Å². The minimum atomic E-state index is -0.165. The number of carbonyl (C=O) groups is 1. The van der Waals surface area contributed by atoms with E-state index in [1.807, 2.05) is 60.0 Å². The van der Waals surface area contributed by atoms with Crippen LogP contribution >= 0.6 is 35.0 Å². The van der Waals surface area contributed by atoms with Gasteiger partial charge in [-0.15, -0.1) is 10.2 Å². The van der Waals surface area contributed by atoms with Gasteiger partial charge in [0, 0.05) is 21.4 Å². The van der Waals surface area contributed by atoms with E-state index < -0.39 is 0 Å². The van der Waals surface area contributed by atoms with E-state index >= 15 is 0 Å². The van der Waals surface area contributed by atoms with Crippen LogP contribution in [0, 0.1) is 6.92 Å². The number of hydrogen-bond donors (Lipinski definition) is 2. The van der Waals surface area contributed by atoms with Gasteiger partial charge in [0.2, 0.25) is 5.91 Å². The Hall–Kier alpha value is -3.00. The molecule has 0 unspecified atom stereocenters. The van der Waals surface area contributed by atoms with E-state index in [4.69, 9.17) is 23.2 Å². The Bertz CT molecular complexity index is 1260. The molecule has 4 rings (SSSR count). The summed E-state index contributed by atoms with van der Waals surface area (Å²) in [6.07, 6.45) is 0. The molecule has 2 N–H and O–H groups in total. The summed E-state index contributed by atoms with van der Waals surface area (Å²) in [5.41, 5.74) is 3.65. The average molecular weight is 498 g/mol. The smallest absolute Gasteiger partial charge is 0.234 e. The van der Waals surface area contributed by atoms with Gasteiger partial charge < -0.3 is 10.6 Å². The highest BCUT2D eigenvalue weighted by molar-refractivity contribution is 7.99. The van der Waals surface area contributed by atoms with Crippen LogP contribution in [0.3, 0.4) is 0 Å². The Labute approximate surface area is 206 Å². The molecule has 33 heavy (non-hydrogen) atoms. The molecular formula is C24H21Cl2N5OS. The van der Waals surface area contributed by atoms with Crippen LogP contribution in [-0.2, 0) is 11.3 Å². The Kier molecular flexibility index (Phi) is 7.54. The number of nitrogens with one attached hydrogen (secondary N) is 2. The number of thioether (sulfide) groups is 1. The lowest BCUT2D eigenvalue weighted by atomic mass is 10.2. The van der Waals surface area contributed by atoms with Crippen LogP contribution in [0.5, 0.6) is 0 Å². The molecule has 0 fully saturated rings. The summed E-state index contributed by atoms with van der Waals surface area (Å²) in [4.78, 5) is 12.5. The topological polar surface area (TPSA) is 71.8 Å². The number of hydrogen-bond acceptors (Lipinski definition) is 5. The highest BCUT2D eigenvalue weighted by Crippen LogP contribution is 2.25. The molecule has 9 heteroatoms. The van der Waals surface area contributed by atoms with Gasteiger partial charge in [-0.05, 0) is 55.5 Å². The number of aromatic nitrogens is 3. The fourth-order valence-electron chi connectivity index (χ4n) is 3.13. The van der Waals surface area contributed by atoms with Crippen molar-refractivity contribution in [2.24, 2.45) is 0 Å². The molecule has 4 aromatic rings. The van der Waals surface area contributed by atoms with Gasteiger partial charge in [0.1, 0.15) is 0 Å². The Morgan fingerprint density at radius 3 is 2.39 bits per heavy atom. The zero-order valence-electron chi connectivity index (χ0n) is 17.8. The lowest BCUT2D eigenvalue weighted by molar-refractivity contribution is -0.113. The maximum atomic E-state index is 12.5. The SMILES string of the molecule is Cc1ccc(NCc2nnc(SCC(=O)Nc3cccc(Cl)c3)n2-c2cccc(Cl)c2)cc1. The second kappa shape index (κ2) is 10.7. The minimum absolute atomic E-state index is 0.163. The van der Waals surface area contributed by atoms with Crippen LogP contribution in [0.1, 0.15) is 11.4 Å². The van der Waals surface area contributed by atoms with E-state index in [0.29, 0.717) is 33.3 Å². The average Bonchev–Trinajstić information content (AvgIpc) is 3.20. The summed E-state index contributed by atoms with van der Waals surface area (Å²) < 4.78 is 1.91. The molecule has 1 heterocycles. The third-order valence-electron chi connectivity index (χ3n) is 4.71. The largest absolute Gasteiger partial charge is 0.378 e. The molecule has 6 nitrogen and oxygen atoms in total. The third-order valence-corrected chi connectivity index (χ3v) is 6.11. The number of anilines is 2. The summed E-state index contributed by atoms with van der Waals surface area (Å²) in [6, 6.07) is 22.6. The van der Waals surface area contributed by atoms with Gasteiger partial charge in [-0.25, -0.2) is 0 Å². The molecule has 168 valence electrons. The maximum absolute atomic E-state index is 12.5. The van der Waals surface area contributed by atoms with Gasteiger partial charge in [-0.2, -0.15) is 0 Å². The molecule has 0 spiro atoms. The van der Waals surface area contributed by atoms with Gasteiger partial charge in [0.05, 0.1) is 18.0 Å². The number of halogens is 2. The van der Waals surface area contributed by atoms with Crippen molar-refractivity contribution in [2.45, 2.75) is 18.6 Å². The zero-order chi connectivity index (χ0) is 23.2. The van der Waals surface area contributed by atoms with Gasteiger partial charge in [-0.3, -0.25) is 9.36 Å². The van der Waals surface area contributed by atoms with Crippen LogP contribution in [0.15, 0.2) is 78.0 Å². The number of aryl methyl sites for hydroxylation is 1. The van der Waals surface area contributed by atoms with Crippen LogP contribution in [-0.4, -0.2) is 26.4 Å². The minimum Gasteiger partial charge on any atom is -0.378 e. The van der Waals surface area contributed by atoms with Crippen molar-refractivity contribution < 1.29 is 4.79 Å². The fraction of sp³-hybridized carbons (Fsp3) is 0.125. The molecule has 1 aromatic heterocycles. The highest BCUT2D eigenvalue weighted by Gasteiger charge is 2.16. The van der Waals surface area contributed by atoms with Gasteiger partial charge in [-0.1, -0.05) is 64.8 Å². The maximum Gasteiger partial charge on any atom is 0.234 e. The highest BCUT2D eigenvalue weighted by atomic mass is 35.5. The van der Waals surface area contributed by atoms with Crippen LogP contribution in [0.25, 0.3) is 5.69 Å². The van der Waals surface area contributed by atoms with Crippen molar-refractivity contribution in [3.63, 3.8) is 0 Å². The molecule has 0 radical (unpaired) electrons. The molecule has 0 atom stereocenters. The molecule has 1 amide bonds. The molecule has 0 aliphatic rings. The number of rotatable bonds is 8. The first-order valence-corrected chi connectivity index (χ1v) is 11.9. The van der Waals surface area contributed by atoms with Crippen LogP contribution < -0.4 is 10.6 Å². The fourth-order valence-corrected chi connectivity index (χ4v) is 4.27. The lowest BCUT2D eigenvalue weighted by Crippen LogP contribution is -2.15. The number of nitrogens with zero attached hydrogens (tertiary/aromatic N) is 3. The van der Waals surface area contributed by atoms with Crippen molar-refractivity contribution in [2.75, 3.05) is 16.4 Å². The molecule has 0 bridgehead atoms. The Morgan fingerprint density at radius 1 is 0.939 bits per heavy atom. The van der Waals surface area contributed by atoms with Crippen molar-refractivity contribution in [1.82, 2.24) is 14.8 Å². The second-order valence-corrected chi connectivity index (χ2v) is 9.10.